The number of ether oxygens (including phenoxy) is 1. The number of morpholine rings is 1. The second-order valence-electron chi connectivity index (χ2n) is 6.13. The average molecular weight is 474 g/mol. The van der Waals surface area contributed by atoms with E-state index in [0.29, 0.717) is 32.8 Å². The maximum absolute atomic E-state index is 13.0. The van der Waals surface area contributed by atoms with Gasteiger partial charge in [0.05, 0.1) is 19.1 Å². The quantitative estimate of drug-likeness (QED) is 0.275. The van der Waals surface area contributed by atoms with Gasteiger partial charge >= 0.3 is 0 Å². The van der Waals surface area contributed by atoms with Crippen LogP contribution in [0.2, 0.25) is 0 Å². The van der Waals surface area contributed by atoms with E-state index in [4.69, 9.17) is 4.74 Å². The van der Waals surface area contributed by atoms with Crippen LogP contribution in [0.5, 0.6) is 0 Å². The van der Waals surface area contributed by atoms with Crippen LogP contribution in [-0.4, -0.2) is 63.2 Å². The lowest BCUT2D eigenvalue weighted by Crippen LogP contribution is -2.47. The highest BCUT2D eigenvalue weighted by atomic mass is 127. The van der Waals surface area contributed by atoms with Crippen molar-refractivity contribution in [3.05, 3.63) is 35.9 Å². The first-order valence-electron chi connectivity index (χ1n) is 9.12. The molecule has 1 atom stereocenters. The molecule has 0 aliphatic carbocycles. The summed E-state index contributed by atoms with van der Waals surface area (Å²) in [5.41, 5.74) is 1.02. The van der Waals surface area contributed by atoms with E-state index in [1.54, 1.807) is 7.05 Å². The Bertz CT molecular complexity index is 548. The van der Waals surface area contributed by atoms with Crippen LogP contribution in [0, 0.1) is 0 Å². The van der Waals surface area contributed by atoms with Crippen LogP contribution < -0.4 is 10.6 Å². The summed E-state index contributed by atoms with van der Waals surface area (Å²) in [6.07, 6.45) is 2.22. The molecule has 1 aromatic rings. The third kappa shape index (κ3) is 7.11. The summed E-state index contributed by atoms with van der Waals surface area (Å²) in [7, 11) is 1.75. The summed E-state index contributed by atoms with van der Waals surface area (Å²) in [4.78, 5) is 19.2. The molecule has 1 aliphatic rings. The zero-order chi connectivity index (χ0) is 17.9. The van der Waals surface area contributed by atoms with Crippen molar-refractivity contribution in [1.82, 2.24) is 15.5 Å². The number of guanidine groups is 1. The maximum Gasteiger partial charge on any atom is 0.232 e. The molecule has 1 aromatic carbocycles. The Morgan fingerprint density at radius 1 is 1.23 bits per heavy atom. The topological polar surface area (TPSA) is 66.0 Å². The molecule has 26 heavy (non-hydrogen) atoms. The lowest BCUT2D eigenvalue weighted by atomic mass is 9.97. The van der Waals surface area contributed by atoms with E-state index in [1.165, 1.54) is 0 Å². The van der Waals surface area contributed by atoms with Crippen LogP contribution in [0.4, 0.5) is 0 Å². The molecule has 0 saturated carbocycles. The highest BCUT2D eigenvalue weighted by Gasteiger charge is 2.27. The van der Waals surface area contributed by atoms with Gasteiger partial charge in [-0.25, -0.2) is 0 Å². The van der Waals surface area contributed by atoms with Gasteiger partial charge in [-0.15, -0.1) is 24.0 Å². The molecular formula is C19H31IN4O2. The number of unbranched alkanes of at least 4 members (excludes halogenated alkanes) is 1. The molecule has 7 heteroatoms. The zero-order valence-electron chi connectivity index (χ0n) is 15.7. The Morgan fingerprint density at radius 3 is 2.54 bits per heavy atom. The fourth-order valence-electron chi connectivity index (χ4n) is 2.84. The van der Waals surface area contributed by atoms with Gasteiger partial charge in [0, 0.05) is 33.2 Å². The Labute approximate surface area is 173 Å². The third-order valence-corrected chi connectivity index (χ3v) is 4.34. The van der Waals surface area contributed by atoms with E-state index in [2.05, 4.69) is 22.5 Å². The van der Waals surface area contributed by atoms with Crippen molar-refractivity contribution in [3.8, 4) is 0 Å². The number of nitrogens with one attached hydrogen (secondary N) is 2. The molecule has 1 amide bonds. The van der Waals surface area contributed by atoms with Crippen LogP contribution in [0.3, 0.4) is 0 Å². The van der Waals surface area contributed by atoms with Crippen molar-refractivity contribution in [2.24, 2.45) is 4.99 Å². The molecule has 6 nitrogen and oxygen atoms in total. The monoisotopic (exact) mass is 474 g/mol. The van der Waals surface area contributed by atoms with Gasteiger partial charge in [0.1, 0.15) is 0 Å². The normalized spacial score (nSPS) is 15.8. The first kappa shape index (κ1) is 22.7. The van der Waals surface area contributed by atoms with Gasteiger partial charge in [-0.1, -0.05) is 43.7 Å². The summed E-state index contributed by atoms with van der Waals surface area (Å²) in [6.45, 7) is 6.10. The summed E-state index contributed by atoms with van der Waals surface area (Å²) in [6, 6.07) is 9.95. The van der Waals surface area contributed by atoms with Gasteiger partial charge in [-0.05, 0) is 12.0 Å². The number of benzene rings is 1. The molecule has 146 valence electrons. The van der Waals surface area contributed by atoms with Crippen molar-refractivity contribution < 1.29 is 9.53 Å². The smallest absolute Gasteiger partial charge is 0.232 e. The summed E-state index contributed by atoms with van der Waals surface area (Å²) in [5.74, 6) is 0.652. The molecule has 1 aliphatic heterocycles. The number of hydrogen-bond donors (Lipinski definition) is 2. The lowest BCUT2D eigenvalue weighted by Gasteiger charge is -2.31. The number of aliphatic imine (C=N–C) groups is 1. The zero-order valence-corrected chi connectivity index (χ0v) is 18.1. The van der Waals surface area contributed by atoms with Gasteiger partial charge in [0.15, 0.2) is 5.96 Å². The van der Waals surface area contributed by atoms with Crippen molar-refractivity contribution in [3.63, 3.8) is 0 Å². The molecule has 0 bridgehead atoms. The minimum absolute atomic E-state index is 0. The Morgan fingerprint density at radius 2 is 1.92 bits per heavy atom. The third-order valence-electron chi connectivity index (χ3n) is 4.34. The van der Waals surface area contributed by atoms with Crippen LogP contribution >= 0.6 is 24.0 Å². The van der Waals surface area contributed by atoms with E-state index in [0.717, 1.165) is 30.9 Å². The Balaban J connectivity index is 0.00000338. The molecule has 2 N–H and O–H groups in total. The standard InChI is InChI=1S/C19H30N4O2.HI/c1-3-4-10-21-19(20-2)22-15-17(16-8-6-5-7-9-16)18(24)23-11-13-25-14-12-23;/h5-9,17H,3-4,10-15H2,1-2H3,(H2,20,21,22);1H. The Hall–Kier alpha value is -1.35. The van der Waals surface area contributed by atoms with Gasteiger partial charge in [-0.3, -0.25) is 9.79 Å². The fraction of sp³-hybridized carbons (Fsp3) is 0.579. The number of carbonyl (C=O) groups excluding carboxylic acids is 1. The molecule has 1 unspecified atom stereocenters. The number of amides is 1. The fourth-order valence-corrected chi connectivity index (χ4v) is 2.84. The summed E-state index contributed by atoms with van der Waals surface area (Å²) < 4.78 is 5.37. The Kier molecular flexibility index (Phi) is 11.3. The number of rotatable bonds is 7. The van der Waals surface area contributed by atoms with Gasteiger partial charge in [-0.2, -0.15) is 0 Å². The molecule has 2 rings (SSSR count). The van der Waals surface area contributed by atoms with E-state index < -0.39 is 0 Å². The van der Waals surface area contributed by atoms with E-state index in [9.17, 15) is 4.79 Å². The molecule has 0 aromatic heterocycles. The van der Waals surface area contributed by atoms with E-state index in [-0.39, 0.29) is 35.8 Å². The second kappa shape index (κ2) is 12.9. The summed E-state index contributed by atoms with van der Waals surface area (Å²) in [5, 5.41) is 6.60. The number of hydrogen-bond acceptors (Lipinski definition) is 3. The predicted octanol–water partition coefficient (Wildman–Crippen LogP) is 2.21. The van der Waals surface area contributed by atoms with Crippen molar-refractivity contribution in [2.45, 2.75) is 25.7 Å². The number of nitrogens with zero attached hydrogens (tertiary/aromatic N) is 2. The van der Waals surface area contributed by atoms with Crippen molar-refractivity contribution in [2.75, 3.05) is 46.4 Å². The van der Waals surface area contributed by atoms with Gasteiger partial charge in [0.25, 0.3) is 0 Å². The molecule has 0 radical (unpaired) electrons. The van der Waals surface area contributed by atoms with Crippen LogP contribution in [0.25, 0.3) is 0 Å². The van der Waals surface area contributed by atoms with E-state index >= 15 is 0 Å². The molecule has 0 spiro atoms. The van der Waals surface area contributed by atoms with Crippen molar-refractivity contribution in [1.29, 1.82) is 0 Å². The number of halogens is 1. The predicted molar refractivity (Wildman–Crippen MR) is 116 cm³/mol. The van der Waals surface area contributed by atoms with Gasteiger partial charge < -0.3 is 20.3 Å². The van der Waals surface area contributed by atoms with Crippen molar-refractivity contribution >= 4 is 35.8 Å². The largest absolute Gasteiger partial charge is 0.378 e. The first-order chi connectivity index (χ1) is 12.3. The summed E-state index contributed by atoms with van der Waals surface area (Å²) >= 11 is 0. The lowest BCUT2D eigenvalue weighted by molar-refractivity contribution is -0.136. The maximum atomic E-state index is 13.0. The van der Waals surface area contributed by atoms with Crippen LogP contribution in [-0.2, 0) is 9.53 Å². The van der Waals surface area contributed by atoms with Crippen LogP contribution in [0.15, 0.2) is 35.3 Å². The van der Waals surface area contributed by atoms with E-state index in [1.807, 2.05) is 35.2 Å². The van der Waals surface area contributed by atoms with Crippen LogP contribution in [0.1, 0.15) is 31.2 Å². The second-order valence-corrected chi connectivity index (χ2v) is 6.13. The SMILES string of the molecule is CCCCNC(=NC)NCC(C(=O)N1CCOCC1)c1ccccc1.I. The minimum Gasteiger partial charge on any atom is -0.378 e. The highest BCUT2D eigenvalue weighted by Crippen LogP contribution is 2.18. The molecule has 1 saturated heterocycles. The van der Waals surface area contributed by atoms with Gasteiger partial charge in [0.2, 0.25) is 5.91 Å². The first-order valence-corrected chi connectivity index (χ1v) is 9.12. The molecular weight excluding hydrogens is 443 g/mol. The average Bonchev–Trinajstić information content (AvgIpc) is 2.68. The highest BCUT2D eigenvalue weighted by molar-refractivity contribution is 14.0. The molecule has 1 heterocycles. The number of carbonyl (C=O) groups is 1. The molecule has 1 fully saturated rings. The minimum atomic E-state index is -0.232.